The number of aryl methyl sites for hydroxylation is 2. The zero-order valence-corrected chi connectivity index (χ0v) is 20.9. The Morgan fingerprint density at radius 1 is 1.06 bits per heavy atom. The summed E-state index contributed by atoms with van der Waals surface area (Å²) in [6.07, 6.45) is 0. The molecule has 9 heteroatoms. The van der Waals surface area contributed by atoms with Crippen LogP contribution in [0.15, 0.2) is 52.4 Å². The molecule has 1 aromatic heterocycles. The van der Waals surface area contributed by atoms with E-state index in [1.54, 1.807) is 24.3 Å². The van der Waals surface area contributed by atoms with Gasteiger partial charge in [-0.25, -0.2) is 13.4 Å². The van der Waals surface area contributed by atoms with Crippen LogP contribution in [0.2, 0.25) is 5.02 Å². The normalized spacial score (nSPS) is 11.8. The number of carbonyl (C=O) groups is 1. The molecule has 1 heterocycles. The molecule has 32 heavy (non-hydrogen) atoms. The van der Waals surface area contributed by atoms with Crippen LogP contribution in [0.3, 0.4) is 0 Å². The van der Waals surface area contributed by atoms with Crippen molar-refractivity contribution in [3.63, 3.8) is 0 Å². The van der Waals surface area contributed by atoms with Crippen LogP contribution in [-0.2, 0) is 14.8 Å². The number of benzene rings is 2. The third-order valence-electron chi connectivity index (χ3n) is 5.11. The summed E-state index contributed by atoms with van der Waals surface area (Å²) in [5.41, 5.74) is 3.19. The number of nitrogens with zero attached hydrogens (tertiary/aromatic N) is 2. The molecule has 0 aliphatic heterocycles. The Morgan fingerprint density at radius 2 is 1.78 bits per heavy atom. The summed E-state index contributed by atoms with van der Waals surface area (Å²) in [6.45, 7) is 8.29. The predicted octanol–water partition coefficient (Wildman–Crippen LogP) is 5.27. The van der Waals surface area contributed by atoms with Crippen LogP contribution in [0.25, 0.3) is 10.9 Å². The number of hydrogen-bond donors (Lipinski definition) is 1. The number of carbonyl (C=O) groups excluding carboxylic acids is 1. The first-order valence-corrected chi connectivity index (χ1v) is 13.1. The number of halogens is 1. The number of amides is 1. The van der Waals surface area contributed by atoms with Gasteiger partial charge in [0.05, 0.1) is 21.2 Å². The van der Waals surface area contributed by atoms with Gasteiger partial charge in [-0.05, 0) is 61.4 Å². The first-order valence-electron chi connectivity index (χ1n) is 10.3. The molecule has 0 aliphatic rings. The maximum absolute atomic E-state index is 12.8. The molecule has 0 atom stereocenters. The summed E-state index contributed by atoms with van der Waals surface area (Å²) >= 11 is 7.43. The van der Waals surface area contributed by atoms with Gasteiger partial charge in [-0.1, -0.05) is 43.3 Å². The molecule has 0 spiro atoms. The molecule has 1 amide bonds. The molecule has 0 radical (unpaired) electrons. The molecule has 0 fully saturated rings. The molecule has 0 saturated carbocycles. The molecule has 0 aliphatic carbocycles. The highest BCUT2D eigenvalue weighted by atomic mass is 35.5. The fourth-order valence-electron chi connectivity index (χ4n) is 3.30. The van der Waals surface area contributed by atoms with Crippen molar-refractivity contribution in [2.24, 2.45) is 0 Å². The third kappa shape index (κ3) is 5.43. The molecular formula is C23H26ClN3O3S2. The number of pyridine rings is 1. The number of nitrogens with one attached hydrogen (secondary N) is 1. The highest BCUT2D eigenvalue weighted by molar-refractivity contribution is 7.99. The van der Waals surface area contributed by atoms with Crippen molar-refractivity contribution in [2.45, 2.75) is 37.6 Å². The van der Waals surface area contributed by atoms with E-state index < -0.39 is 10.0 Å². The monoisotopic (exact) mass is 491 g/mol. The van der Waals surface area contributed by atoms with E-state index in [0.29, 0.717) is 34.3 Å². The van der Waals surface area contributed by atoms with Gasteiger partial charge in [-0.3, -0.25) is 4.79 Å². The summed E-state index contributed by atoms with van der Waals surface area (Å²) in [7, 11) is -3.54. The fraction of sp³-hybridized carbons (Fsp3) is 0.304. The van der Waals surface area contributed by atoms with Crippen LogP contribution in [0.1, 0.15) is 25.0 Å². The van der Waals surface area contributed by atoms with Gasteiger partial charge >= 0.3 is 0 Å². The molecule has 0 bridgehead atoms. The van der Waals surface area contributed by atoms with E-state index in [9.17, 15) is 13.2 Å². The highest BCUT2D eigenvalue weighted by Crippen LogP contribution is 2.27. The van der Waals surface area contributed by atoms with Crippen molar-refractivity contribution in [2.75, 3.05) is 24.2 Å². The topological polar surface area (TPSA) is 79.4 Å². The first-order chi connectivity index (χ1) is 15.1. The summed E-state index contributed by atoms with van der Waals surface area (Å²) in [5.74, 6) is 0.0350. The Bertz CT molecular complexity index is 1260. The lowest BCUT2D eigenvalue weighted by molar-refractivity contribution is -0.113. The van der Waals surface area contributed by atoms with Gasteiger partial charge in [0.1, 0.15) is 0 Å². The van der Waals surface area contributed by atoms with Gasteiger partial charge in [0.2, 0.25) is 15.9 Å². The molecule has 2 aromatic carbocycles. The average Bonchev–Trinajstić information content (AvgIpc) is 2.75. The molecule has 3 aromatic rings. The third-order valence-corrected chi connectivity index (χ3v) is 8.48. The standard InChI is InChI=1S/C23H26ClN3O3S2/c1-5-27(6-2)32(29,30)18-9-10-21-19(13-18)16(4)11-23(26-21)31-14-22(28)25-17-8-7-15(3)20(24)12-17/h7-13H,5-6,14H2,1-4H3,(H,25,28). The van der Waals surface area contributed by atoms with Crippen molar-refractivity contribution in [3.05, 3.63) is 58.6 Å². The van der Waals surface area contributed by atoms with Crippen molar-refractivity contribution >= 4 is 55.9 Å². The van der Waals surface area contributed by atoms with Gasteiger partial charge < -0.3 is 5.32 Å². The number of thioether (sulfide) groups is 1. The minimum Gasteiger partial charge on any atom is -0.325 e. The molecular weight excluding hydrogens is 466 g/mol. The summed E-state index contributed by atoms with van der Waals surface area (Å²) in [6, 6.07) is 12.2. The lowest BCUT2D eigenvalue weighted by Crippen LogP contribution is -2.30. The van der Waals surface area contributed by atoms with Gasteiger partial charge in [-0.2, -0.15) is 4.31 Å². The quantitative estimate of drug-likeness (QED) is 0.434. The van der Waals surface area contributed by atoms with E-state index in [0.717, 1.165) is 16.5 Å². The van der Waals surface area contributed by atoms with Crippen LogP contribution in [-0.4, -0.2) is 42.5 Å². The second-order valence-electron chi connectivity index (χ2n) is 7.35. The molecule has 0 saturated heterocycles. The van der Waals surface area contributed by atoms with E-state index in [-0.39, 0.29) is 16.6 Å². The molecule has 1 N–H and O–H groups in total. The minimum atomic E-state index is -3.54. The van der Waals surface area contributed by atoms with E-state index in [1.807, 2.05) is 45.9 Å². The van der Waals surface area contributed by atoms with Crippen LogP contribution in [0, 0.1) is 13.8 Å². The first kappa shape index (κ1) is 24.5. The largest absolute Gasteiger partial charge is 0.325 e. The number of hydrogen-bond acceptors (Lipinski definition) is 5. The number of anilines is 1. The van der Waals surface area contributed by atoms with Crippen molar-refractivity contribution in [1.82, 2.24) is 9.29 Å². The Hall–Kier alpha value is -2.13. The number of sulfonamides is 1. The number of fused-ring (bicyclic) bond motifs is 1. The van der Waals surface area contributed by atoms with Crippen LogP contribution < -0.4 is 5.32 Å². The van der Waals surface area contributed by atoms with Gasteiger partial charge in [-0.15, -0.1) is 0 Å². The Balaban J connectivity index is 1.76. The molecule has 0 unspecified atom stereocenters. The summed E-state index contributed by atoms with van der Waals surface area (Å²) in [4.78, 5) is 17.2. The van der Waals surface area contributed by atoms with E-state index in [4.69, 9.17) is 11.6 Å². The lowest BCUT2D eigenvalue weighted by atomic mass is 10.1. The van der Waals surface area contributed by atoms with Gasteiger partial charge in [0.15, 0.2) is 0 Å². The van der Waals surface area contributed by atoms with Gasteiger partial charge in [0, 0.05) is 29.2 Å². The summed E-state index contributed by atoms with van der Waals surface area (Å²) < 4.78 is 27.1. The van der Waals surface area contributed by atoms with E-state index in [1.165, 1.54) is 16.1 Å². The number of rotatable bonds is 8. The smallest absolute Gasteiger partial charge is 0.243 e. The van der Waals surface area contributed by atoms with Gasteiger partial charge in [0.25, 0.3) is 0 Å². The number of aromatic nitrogens is 1. The fourth-order valence-corrected chi connectivity index (χ4v) is 5.74. The van der Waals surface area contributed by atoms with Crippen molar-refractivity contribution in [3.8, 4) is 0 Å². The zero-order valence-electron chi connectivity index (χ0n) is 18.5. The summed E-state index contributed by atoms with van der Waals surface area (Å²) in [5, 5.41) is 4.92. The molecule has 6 nitrogen and oxygen atoms in total. The minimum absolute atomic E-state index is 0.157. The lowest BCUT2D eigenvalue weighted by Gasteiger charge is -2.19. The Kier molecular flexibility index (Phi) is 7.82. The van der Waals surface area contributed by atoms with Crippen molar-refractivity contribution < 1.29 is 13.2 Å². The molecule has 170 valence electrons. The average molecular weight is 492 g/mol. The van der Waals surface area contributed by atoms with Crippen LogP contribution >= 0.6 is 23.4 Å². The second kappa shape index (κ2) is 10.2. The Morgan fingerprint density at radius 3 is 2.44 bits per heavy atom. The molecule has 3 rings (SSSR count). The highest BCUT2D eigenvalue weighted by Gasteiger charge is 2.22. The maximum atomic E-state index is 12.8. The van der Waals surface area contributed by atoms with Crippen LogP contribution in [0.5, 0.6) is 0 Å². The van der Waals surface area contributed by atoms with Crippen molar-refractivity contribution in [1.29, 1.82) is 0 Å². The SMILES string of the molecule is CCN(CC)S(=O)(=O)c1ccc2nc(SCC(=O)Nc3ccc(C)c(Cl)c3)cc(C)c2c1. The second-order valence-corrected chi connectivity index (χ2v) is 10.7. The maximum Gasteiger partial charge on any atom is 0.243 e. The predicted molar refractivity (Wildman–Crippen MR) is 132 cm³/mol. The van der Waals surface area contributed by atoms with Crippen LogP contribution in [0.4, 0.5) is 5.69 Å². The van der Waals surface area contributed by atoms with E-state index in [2.05, 4.69) is 10.3 Å². The van der Waals surface area contributed by atoms with E-state index >= 15 is 0 Å². The zero-order chi connectivity index (χ0) is 23.5. The Labute approximate surface area is 198 Å².